The van der Waals surface area contributed by atoms with Crippen LogP contribution in [0.1, 0.15) is 36.6 Å². The summed E-state index contributed by atoms with van der Waals surface area (Å²) >= 11 is 0. The first-order valence-corrected chi connectivity index (χ1v) is 7.95. The zero-order valence-electron chi connectivity index (χ0n) is 13.5. The molecule has 1 aromatic carbocycles. The van der Waals surface area contributed by atoms with Gasteiger partial charge in [-0.1, -0.05) is 32.4 Å². The van der Waals surface area contributed by atoms with Crippen molar-refractivity contribution in [2.24, 2.45) is 5.92 Å². The number of aromatic nitrogens is 2. The van der Waals surface area contributed by atoms with Crippen LogP contribution in [-0.4, -0.2) is 15.5 Å². The predicted molar refractivity (Wildman–Crippen MR) is 89.1 cm³/mol. The number of carbonyl (C=O) groups is 1. The van der Waals surface area contributed by atoms with Gasteiger partial charge >= 0.3 is 0 Å². The van der Waals surface area contributed by atoms with Gasteiger partial charge in [0.1, 0.15) is 5.82 Å². The van der Waals surface area contributed by atoms with Crippen LogP contribution in [0, 0.1) is 5.92 Å². The first-order chi connectivity index (χ1) is 11.2. The smallest absolute Gasteiger partial charge is 0.287 e. The Kier molecular flexibility index (Phi) is 4.46. The summed E-state index contributed by atoms with van der Waals surface area (Å²) in [6, 6.07) is 11.4. The van der Waals surface area contributed by atoms with Crippen molar-refractivity contribution in [3.63, 3.8) is 0 Å². The molecule has 0 aliphatic carbocycles. The van der Waals surface area contributed by atoms with Crippen LogP contribution < -0.4 is 5.32 Å². The summed E-state index contributed by atoms with van der Waals surface area (Å²) in [5, 5.41) is 2.88. The molecule has 0 fully saturated rings. The number of nitrogens with zero attached hydrogens (tertiary/aromatic N) is 2. The van der Waals surface area contributed by atoms with Crippen LogP contribution in [0.15, 0.2) is 47.1 Å². The molecule has 120 valence electrons. The second-order valence-electron chi connectivity index (χ2n) is 5.80. The van der Waals surface area contributed by atoms with Gasteiger partial charge in [-0.05, 0) is 30.2 Å². The number of carbonyl (C=O) groups excluding carboxylic acids is 1. The molecular formula is C18H21N3O2. The van der Waals surface area contributed by atoms with Crippen molar-refractivity contribution in [3.05, 3.63) is 54.2 Å². The number of hydrogen-bond donors (Lipinski definition) is 1. The fraction of sp³-hybridized carbons (Fsp3) is 0.333. The minimum atomic E-state index is -0.225. The molecule has 5 heteroatoms. The number of hydrogen-bond acceptors (Lipinski definition) is 3. The summed E-state index contributed by atoms with van der Waals surface area (Å²) < 4.78 is 7.32. The van der Waals surface area contributed by atoms with E-state index in [2.05, 4.69) is 34.8 Å². The lowest BCUT2D eigenvalue weighted by Crippen LogP contribution is -2.25. The van der Waals surface area contributed by atoms with Gasteiger partial charge in [0.2, 0.25) is 0 Å². The molecule has 3 rings (SSSR count). The van der Waals surface area contributed by atoms with Crippen molar-refractivity contribution in [1.82, 2.24) is 14.9 Å². The first kappa shape index (κ1) is 15.3. The molecule has 1 amide bonds. The molecular weight excluding hydrogens is 290 g/mol. The monoisotopic (exact) mass is 311 g/mol. The number of imidazole rings is 1. The molecule has 0 radical (unpaired) electrons. The largest absolute Gasteiger partial charge is 0.459 e. The average Bonchev–Trinajstić information content (AvgIpc) is 3.21. The van der Waals surface area contributed by atoms with E-state index in [1.807, 2.05) is 18.2 Å². The van der Waals surface area contributed by atoms with Gasteiger partial charge in [0.05, 0.1) is 23.8 Å². The highest BCUT2D eigenvalue weighted by Gasteiger charge is 2.14. The standard InChI is InChI=1S/C18H21N3O2/c1-3-13(2)12-21-15-8-5-4-7-14(15)20-17(21)11-19-18(22)16-9-6-10-23-16/h4-10,13H,3,11-12H2,1-2H3,(H,19,22)/t13-/m0/s1. The molecule has 0 saturated heterocycles. The minimum absolute atomic E-state index is 0.225. The number of rotatable bonds is 6. The van der Waals surface area contributed by atoms with Gasteiger partial charge in [0.25, 0.3) is 5.91 Å². The topological polar surface area (TPSA) is 60.1 Å². The predicted octanol–water partition coefficient (Wildman–Crippen LogP) is 3.61. The van der Waals surface area contributed by atoms with Crippen LogP contribution in [0.4, 0.5) is 0 Å². The highest BCUT2D eigenvalue weighted by Crippen LogP contribution is 2.19. The third-order valence-corrected chi connectivity index (χ3v) is 4.08. The third-order valence-electron chi connectivity index (χ3n) is 4.08. The molecule has 3 aromatic rings. The van der Waals surface area contributed by atoms with Crippen LogP contribution in [0.25, 0.3) is 11.0 Å². The molecule has 0 unspecified atom stereocenters. The van der Waals surface area contributed by atoms with E-state index in [-0.39, 0.29) is 5.91 Å². The Bertz CT molecular complexity index is 790. The molecule has 1 N–H and O–H groups in total. The summed E-state index contributed by atoms with van der Waals surface area (Å²) in [5.41, 5.74) is 2.06. The van der Waals surface area contributed by atoms with Crippen molar-refractivity contribution in [2.75, 3.05) is 0 Å². The van der Waals surface area contributed by atoms with E-state index in [4.69, 9.17) is 4.42 Å². The second kappa shape index (κ2) is 6.69. The van der Waals surface area contributed by atoms with E-state index >= 15 is 0 Å². The fourth-order valence-electron chi connectivity index (χ4n) is 2.56. The number of benzene rings is 1. The van der Waals surface area contributed by atoms with Crippen molar-refractivity contribution in [3.8, 4) is 0 Å². The van der Waals surface area contributed by atoms with Gasteiger partial charge in [-0.25, -0.2) is 4.98 Å². The van der Waals surface area contributed by atoms with Crippen LogP contribution in [0.5, 0.6) is 0 Å². The summed E-state index contributed by atoms with van der Waals surface area (Å²) in [7, 11) is 0. The molecule has 0 saturated carbocycles. The van der Waals surface area contributed by atoms with Crippen LogP contribution >= 0.6 is 0 Å². The molecule has 1 atom stereocenters. The molecule has 0 aliphatic rings. The maximum absolute atomic E-state index is 12.0. The Balaban J connectivity index is 1.84. The maximum atomic E-state index is 12.0. The lowest BCUT2D eigenvalue weighted by Gasteiger charge is -2.14. The van der Waals surface area contributed by atoms with Gasteiger partial charge < -0.3 is 14.3 Å². The lowest BCUT2D eigenvalue weighted by atomic mass is 10.1. The van der Waals surface area contributed by atoms with E-state index in [0.717, 1.165) is 29.8 Å². The van der Waals surface area contributed by atoms with Crippen LogP contribution in [0.3, 0.4) is 0 Å². The lowest BCUT2D eigenvalue weighted by molar-refractivity contribution is 0.0921. The van der Waals surface area contributed by atoms with E-state index in [0.29, 0.717) is 18.2 Å². The zero-order valence-corrected chi connectivity index (χ0v) is 13.5. The Labute approximate surface area is 135 Å². The van der Waals surface area contributed by atoms with Gasteiger partial charge in [0, 0.05) is 6.54 Å². The summed E-state index contributed by atoms with van der Waals surface area (Å²) in [4.78, 5) is 16.7. The Morgan fingerprint density at radius 1 is 1.30 bits per heavy atom. The Morgan fingerprint density at radius 2 is 2.13 bits per heavy atom. The van der Waals surface area contributed by atoms with Crippen molar-refractivity contribution >= 4 is 16.9 Å². The maximum Gasteiger partial charge on any atom is 0.287 e. The van der Waals surface area contributed by atoms with Crippen molar-refractivity contribution in [2.45, 2.75) is 33.4 Å². The van der Waals surface area contributed by atoms with E-state index in [1.54, 1.807) is 12.1 Å². The average molecular weight is 311 g/mol. The van der Waals surface area contributed by atoms with Gasteiger partial charge in [-0.3, -0.25) is 4.79 Å². The molecule has 2 aromatic heterocycles. The number of fused-ring (bicyclic) bond motifs is 1. The number of furan rings is 1. The Hall–Kier alpha value is -2.56. The Morgan fingerprint density at radius 3 is 2.87 bits per heavy atom. The SMILES string of the molecule is CC[C@H](C)Cn1c(CNC(=O)c2ccco2)nc2ccccc21. The minimum Gasteiger partial charge on any atom is -0.459 e. The molecule has 5 nitrogen and oxygen atoms in total. The highest BCUT2D eigenvalue weighted by molar-refractivity contribution is 5.91. The number of amides is 1. The number of nitrogens with one attached hydrogen (secondary N) is 1. The van der Waals surface area contributed by atoms with E-state index in [1.165, 1.54) is 6.26 Å². The highest BCUT2D eigenvalue weighted by atomic mass is 16.3. The quantitative estimate of drug-likeness (QED) is 0.756. The van der Waals surface area contributed by atoms with Gasteiger partial charge in [-0.2, -0.15) is 0 Å². The normalized spacial score (nSPS) is 12.4. The third kappa shape index (κ3) is 3.28. The molecule has 0 bridgehead atoms. The zero-order chi connectivity index (χ0) is 16.2. The first-order valence-electron chi connectivity index (χ1n) is 7.95. The second-order valence-corrected chi connectivity index (χ2v) is 5.80. The molecule has 2 heterocycles. The molecule has 0 spiro atoms. The van der Waals surface area contributed by atoms with Gasteiger partial charge in [0.15, 0.2) is 5.76 Å². The summed E-state index contributed by atoms with van der Waals surface area (Å²) in [6.07, 6.45) is 2.60. The number of para-hydroxylation sites is 2. The van der Waals surface area contributed by atoms with Crippen molar-refractivity contribution in [1.29, 1.82) is 0 Å². The van der Waals surface area contributed by atoms with Crippen LogP contribution in [0.2, 0.25) is 0 Å². The molecule has 0 aliphatic heterocycles. The van der Waals surface area contributed by atoms with Gasteiger partial charge in [-0.15, -0.1) is 0 Å². The van der Waals surface area contributed by atoms with Crippen molar-refractivity contribution < 1.29 is 9.21 Å². The van der Waals surface area contributed by atoms with E-state index in [9.17, 15) is 4.79 Å². The fourth-order valence-corrected chi connectivity index (χ4v) is 2.56. The molecule has 23 heavy (non-hydrogen) atoms. The van der Waals surface area contributed by atoms with Crippen LogP contribution in [-0.2, 0) is 13.1 Å². The van der Waals surface area contributed by atoms with E-state index < -0.39 is 0 Å². The summed E-state index contributed by atoms with van der Waals surface area (Å²) in [5.74, 6) is 1.50. The summed E-state index contributed by atoms with van der Waals surface area (Å²) in [6.45, 7) is 5.68.